The first kappa shape index (κ1) is 18.2. The van der Waals surface area contributed by atoms with E-state index in [-0.39, 0.29) is 11.8 Å². The number of aromatic nitrogens is 2. The third-order valence-electron chi connectivity index (χ3n) is 5.25. The van der Waals surface area contributed by atoms with E-state index in [1.165, 1.54) is 0 Å². The summed E-state index contributed by atoms with van der Waals surface area (Å²) < 4.78 is 1.99. The predicted octanol–water partition coefficient (Wildman–Crippen LogP) is 3.61. The van der Waals surface area contributed by atoms with Crippen LogP contribution in [0.25, 0.3) is 11.0 Å². The van der Waals surface area contributed by atoms with Gasteiger partial charge in [0, 0.05) is 37.3 Å². The third-order valence-corrected chi connectivity index (χ3v) is 5.25. The first-order valence-electron chi connectivity index (χ1n) is 9.71. The Morgan fingerprint density at radius 1 is 1.11 bits per heavy atom. The number of hydrogen-bond acceptors (Lipinski definition) is 3. The molecule has 2 aromatic carbocycles. The van der Waals surface area contributed by atoms with Gasteiger partial charge in [0.1, 0.15) is 0 Å². The van der Waals surface area contributed by atoms with Crippen LogP contribution >= 0.6 is 0 Å². The van der Waals surface area contributed by atoms with Crippen LogP contribution in [0.4, 0.5) is 5.69 Å². The van der Waals surface area contributed by atoms with E-state index in [1.54, 1.807) is 12.4 Å². The Morgan fingerprint density at radius 2 is 1.89 bits per heavy atom. The molecule has 1 aliphatic heterocycles. The van der Waals surface area contributed by atoms with E-state index in [0.717, 1.165) is 48.2 Å². The minimum absolute atomic E-state index is 0.0560. The van der Waals surface area contributed by atoms with Gasteiger partial charge in [-0.05, 0) is 55.7 Å². The van der Waals surface area contributed by atoms with Crippen LogP contribution in [-0.2, 0) is 11.3 Å². The molecule has 6 nitrogen and oxygen atoms in total. The topological polar surface area (TPSA) is 67.2 Å². The quantitative estimate of drug-likeness (QED) is 0.740. The lowest BCUT2D eigenvalue weighted by Crippen LogP contribution is -2.27. The van der Waals surface area contributed by atoms with Gasteiger partial charge in [-0.25, -0.2) is 4.98 Å². The molecule has 3 aromatic rings. The number of aryl methyl sites for hydroxylation is 2. The van der Waals surface area contributed by atoms with E-state index >= 15 is 0 Å². The van der Waals surface area contributed by atoms with Crippen molar-refractivity contribution in [3.05, 3.63) is 59.9 Å². The number of rotatable bonds is 5. The minimum Gasteiger partial charge on any atom is -0.339 e. The highest BCUT2D eigenvalue weighted by molar-refractivity contribution is 5.96. The van der Waals surface area contributed by atoms with Crippen LogP contribution in [-0.4, -0.2) is 39.4 Å². The number of carbonyl (C=O) groups excluding carboxylic acids is 2. The molecule has 0 bridgehead atoms. The molecular weight excluding hydrogens is 352 g/mol. The standard InChI is InChI=1S/C22H24N4O2/c1-16-14-17(22(28)25-11-4-5-12-25)8-9-18(16)24-21(27)10-13-26-15-23-19-6-2-3-7-20(19)26/h2-3,6-9,14-15H,4-5,10-13H2,1H3,(H,24,27). The second-order valence-corrected chi connectivity index (χ2v) is 7.25. The van der Waals surface area contributed by atoms with E-state index < -0.39 is 0 Å². The zero-order valence-electron chi connectivity index (χ0n) is 16.0. The van der Waals surface area contributed by atoms with E-state index in [2.05, 4.69) is 10.3 Å². The van der Waals surface area contributed by atoms with E-state index in [0.29, 0.717) is 18.5 Å². The third kappa shape index (κ3) is 3.76. The summed E-state index contributed by atoms with van der Waals surface area (Å²) in [5.41, 5.74) is 4.28. The van der Waals surface area contributed by atoms with Crippen LogP contribution < -0.4 is 5.32 Å². The summed E-state index contributed by atoms with van der Waals surface area (Å²) in [7, 11) is 0. The van der Waals surface area contributed by atoms with Crippen molar-refractivity contribution in [1.29, 1.82) is 0 Å². The van der Waals surface area contributed by atoms with Gasteiger partial charge in [0.05, 0.1) is 17.4 Å². The first-order valence-corrected chi connectivity index (χ1v) is 9.71. The highest BCUT2D eigenvalue weighted by Gasteiger charge is 2.20. The molecule has 144 valence electrons. The summed E-state index contributed by atoms with van der Waals surface area (Å²) in [6.45, 7) is 4.15. The van der Waals surface area contributed by atoms with Crippen LogP contribution in [0, 0.1) is 6.92 Å². The van der Waals surface area contributed by atoms with Gasteiger partial charge in [0.2, 0.25) is 5.91 Å². The van der Waals surface area contributed by atoms with Crippen molar-refractivity contribution in [2.24, 2.45) is 0 Å². The van der Waals surface area contributed by atoms with Crippen LogP contribution in [0.5, 0.6) is 0 Å². The van der Waals surface area contributed by atoms with E-state index in [9.17, 15) is 9.59 Å². The number of anilines is 1. The number of fused-ring (bicyclic) bond motifs is 1. The van der Waals surface area contributed by atoms with E-state index in [4.69, 9.17) is 0 Å². The molecule has 1 fully saturated rings. The fraction of sp³-hybridized carbons (Fsp3) is 0.318. The second-order valence-electron chi connectivity index (χ2n) is 7.25. The molecule has 6 heteroatoms. The number of carbonyl (C=O) groups is 2. The summed E-state index contributed by atoms with van der Waals surface area (Å²) in [5, 5.41) is 2.96. The molecule has 1 aromatic heterocycles. The molecule has 0 aliphatic carbocycles. The maximum atomic E-state index is 12.5. The van der Waals surface area contributed by atoms with Crippen LogP contribution in [0.3, 0.4) is 0 Å². The van der Waals surface area contributed by atoms with Crippen molar-refractivity contribution >= 4 is 28.5 Å². The minimum atomic E-state index is -0.0560. The fourth-order valence-electron chi connectivity index (χ4n) is 3.66. The monoisotopic (exact) mass is 376 g/mol. The smallest absolute Gasteiger partial charge is 0.253 e. The molecule has 4 rings (SSSR count). The molecule has 28 heavy (non-hydrogen) atoms. The number of para-hydroxylation sites is 2. The maximum Gasteiger partial charge on any atom is 0.253 e. The van der Waals surface area contributed by atoms with Gasteiger partial charge < -0.3 is 14.8 Å². The highest BCUT2D eigenvalue weighted by Crippen LogP contribution is 2.20. The highest BCUT2D eigenvalue weighted by atomic mass is 16.2. The van der Waals surface area contributed by atoms with Crippen molar-refractivity contribution in [3.8, 4) is 0 Å². The molecule has 2 heterocycles. The first-order chi connectivity index (χ1) is 13.6. The summed E-state index contributed by atoms with van der Waals surface area (Å²) in [6.07, 6.45) is 4.27. The second kappa shape index (κ2) is 7.84. The Balaban J connectivity index is 1.38. The molecule has 2 amide bonds. The predicted molar refractivity (Wildman–Crippen MR) is 109 cm³/mol. The largest absolute Gasteiger partial charge is 0.339 e. The number of amides is 2. The molecule has 1 saturated heterocycles. The van der Waals surface area contributed by atoms with Crippen LogP contribution in [0.1, 0.15) is 35.2 Å². The lowest BCUT2D eigenvalue weighted by atomic mass is 10.1. The van der Waals surface area contributed by atoms with Gasteiger partial charge in [-0.3, -0.25) is 9.59 Å². The van der Waals surface area contributed by atoms with E-state index in [1.807, 2.05) is 52.8 Å². The average Bonchev–Trinajstić information content (AvgIpc) is 3.37. The molecule has 0 atom stereocenters. The zero-order chi connectivity index (χ0) is 19.5. The molecule has 1 aliphatic rings. The number of likely N-dealkylation sites (tertiary alicyclic amines) is 1. The number of benzene rings is 2. The van der Waals surface area contributed by atoms with Gasteiger partial charge in [-0.1, -0.05) is 12.1 Å². The van der Waals surface area contributed by atoms with Gasteiger partial charge in [0.15, 0.2) is 0 Å². The Bertz CT molecular complexity index is 1020. The number of nitrogens with one attached hydrogen (secondary N) is 1. The van der Waals surface area contributed by atoms with Crippen molar-refractivity contribution in [1.82, 2.24) is 14.5 Å². The fourth-order valence-corrected chi connectivity index (χ4v) is 3.66. The SMILES string of the molecule is Cc1cc(C(=O)N2CCCC2)ccc1NC(=O)CCn1cnc2ccccc21. The molecule has 0 saturated carbocycles. The van der Waals surface area contributed by atoms with Crippen molar-refractivity contribution < 1.29 is 9.59 Å². The molecule has 1 N–H and O–H groups in total. The summed E-state index contributed by atoms with van der Waals surface area (Å²) >= 11 is 0. The molecule has 0 unspecified atom stereocenters. The number of hydrogen-bond donors (Lipinski definition) is 1. The Hall–Kier alpha value is -3.15. The van der Waals surface area contributed by atoms with Crippen molar-refractivity contribution in [3.63, 3.8) is 0 Å². The zero-order valence-corrected chi connectivity index (χ0v) is 16.0. The molecule has 0 spiro atoms. The summed E-state index contributed by atoms with van der Waals surface area (Å²) in [4.78, 5) is 31.1. The van der Waals surface area contributed by atoms with Crippen molar-refractivity contribution in [2.45, 2.75) is 32.7 Å². The Kier molecular flexibility index (Phi) is 5.10. The van der Waals surface area contributed by atoms with Crippen LogP contribution in [0.2, 0.25) is 0 Å². The van der Waals surface area contributed by atoms with Gasteiger partial charge >= 0.3 is 0 Å². The lowest BCUT2D eigenvalue weighted by molar-refractivity contribution is -0.116. The average molecular weight is 376 g/mol. The van der Waals surface area contributed by atoms with Gasteiger partial charge in [-0.2, -0.15) is 0 Å². The Labute approximate surface area is 164 Å². The summed E-state index contributed by atoms with van der Waals surface area (Å²) in [6, 6.07) is 13.4. The van der Waals surface area contributed by atoms with Crippen molar-refractivity contribution in [2.75, 3.05) is 18.4 Å². The lowest BCUT2D eigenvalue weighted by Gasteiger charge is -2.16. The van der Waals surface area contributed by atoms with Gasteiger partial charge in [-0.15, -0.1) is 0 Å². The summed E-state index contributed by atoms with van der Waals surface area (Å²) in [5.74, 6) is 0.0185. The Morgan fingerprint density at radius 3 is 2.68 bits per heavy atom. The van der Waals surface area contributed by atoms with Gasteiger partial charge in [0.25, 0.3) is 5.91 Å². The van der Waals surface area contributed by atoms with Crippen LogP contribution in [0.15, 0.2) is 48.8 Å². The number of nitrogens with zero attached hydrogens (tertiary/aromatic N) is 3. The normalized spacial score (nSPS) is 13.8. The maximum absolute atomic E-state index is 12.5. The number of imidazole rings is 1. The molecular formula is C22H24N4O2. The molecule has 0 radical (unpaired) electrons.